The Kier molecular flexibility index (Phi) is 5.31. The molecular weight excluding hydrogens is 446 g/mol. The van der Waals surface area contributed by atoms with E-state index in [4.69, 9.17) is 4.42 Å². The number of carbonyl (C=O) groups excluding carboxylic acids is 2. The molecular formula is C27H25N3O5. The highest BCUT2D eigenvalue weighted by molar-refractivity contribution is 6.05. The first-order valence-corrected chi connectivity index (χ1v) is 11.4. The number of nitrogens with zero attached hydrogens (tertiary/aromatic N) is 2. The van der Waals surface area contributed by atoms with Gasteiger partial charge in [0.05, 0.1) is 16.3 Å². The van der Waals surface area contributed by atoms with Crippen molar-refractivity contribution in [1.82, 2.24) is 0 Å². The van der Waals surface area contributed by atoms with Crippen LogP contribution in [0.25, 0.3) is 11.3 Å². The number of rotatable bonds is 3. The number of nitro benzene ring substituents is 1. The maximum Gasteiger partial charge on any atom is 0.270 e. The normalized spacial score (nSPS) is 18.9. The number of ketones is 1. The van der Waals surface area contributed by atoms with Gasteiger partial charge in [-0.05, 0) is 36.1 Å². The first-order valence-electron chi connectivity index (χ1n) is 11.4. The number of nitrogens with one attached hydrogen (secondary N) is 1. The summed E-state index contributed by atoms with van der Waals surface area (Å²) in [5, 5.41) is 14.7. The number of non-ortho nitro benzene ring substituents is 1. The van der Waals surface area contributed by atoms with Gasteiger partial charge in [0, 0.05) is 42.3 Å². The third-order valence-corrected chi connectivity index (χ3v) is 6.48. The van der Waals surface area contributed by atoms with Gasteiger partial charge in [0.1, 0.15) is 17.6 Å². The quantitative estimate of drug-likeness (QED) is 0.370. The minimum atomic E-state index is -0.769. The molecule has 2 aromatic carbocycles. The molecule has 1 aromatic heterocycles. The number of fused-ring (bicyclic) bond motifs is 1. The van der Waals surface area contributed by atoms with E-state index in [0.29, 0.717) is 41.2 Å². The Balaban J connectivity index is 1.70. The number of hydrogen-bond donors (Lipinski definition) is 1. The Morgan fingerprint density at radius 1 is 1.11 bits per heavy atom. The van der Waals surface area contributed by atoms with Crippen molar-refractivity contribution >= 4 is 28.8 Å². The van der Waals surface area contributed by atoms with Crippen molar-refractivity contribution < 1.29 is 18.9 Å². The van der Waals surface area contributed by atoms with Gasteiger partial charge in [-0.15, -0.1) is 0 Å². The molecule has 0 saturated carbocycles. The fourth-order valence-corrected chi connectivity index (χ4v) is 5.03. The second-order valence-electron chi connectivity index (χ2n) is 9.78. The lowest BCUT2D eigenvalue weighted by molar-refractivity contribution is -0.384. The molecule has 0 unspecified atom stereocenters. The van der Waals surface area contributed by atoms with Crippen molar-refractivity contribution in [3.05, 3.63) is 87.8 Å². The highest BCUT2D eigenvalue weighted by atomic mass is 16.6. The van der Waals surface area contributed by atoms with Crippen LogP contribution in [-0.4, -0.2) is 16.6 Å². The van der Waals surface area contributed by atoms with Crippen molar-refractivity contribution in [2.24, 2.45) is 5.41 Å². The molecule has 1 amide bonds. The zero-order valence-electron chi connectivity index (χ0n) is 19.7. The predicted molar refractivity (Wildman–Crippen MR) is 132 cm³/mol. The lowest BCUT2D eigenvalue weighted by atomic mass is 9.74. The number of anilines is 2. The van der Waals surface area contributed by atoms with Crippen molar-refractivity contribution in [3.8, 4) is 11.3 Å². The Morgan fingerprint density at radius 3 is 2.63 bits per heavy atom. The zero-order chi connectivity index (χ0) is 24.9. The molecule has 0 fully saturated rings. The number of amides is 1. The van der Waals surface area contributed by atoms with Crippen molar-refractivity contribution in [1.29, 1.82) is 0 Å². The van der Waals surface area contributed by atoms with Crippen LogP contribution >= 0.6 is 0 Å². The van der Waals surface area contributed by atoms with E-state index in [0.717, 1.165) is 11.4 Å². The molecule has 2 aliphatic rings. The van der Waals surface area contributed by atoms with Gasteiger partial charge in [-0.1, -0.05) is 38.1 Å². The Bertz CT molecular complexity index is 1400. The Morgan fingerprint density at radius 2 is 1.89 bits per heavy atom. The number of Topliss-reactive ketones (excluding diaryl/α,β-unsaturated/α-hetero) is 1. The van der Waals surface area contributed by atoms with Crippen LogP contribution in [0.3, 0.4) is 0 Å². The molecule has 0 radical (unpaired) electrons. The molecule has 0 saturated heterocycles. The summed E-state index contributed by atoms with van der Waals surface area (Å²) in [5.41, 5.74) is 2.94. The predicted octanol–water partition coefficient (Wildman–Crippen LogP) is 6.02. The molecule has 8 nitrogen and oxygen atoms in total. The van der Waals surface area contributed by atoms with E-state index in [9.17, 15) is 19.7 Å². The third kappa shape index (κ3) is 4.01. The molecule has 5 rings (SSSR count). The summed E-state index contributed by atoms with van der Waals surface area (Å²) in [6, 6.07) is 16.3. The molecule has 0 spiro atoms. The van der Waals surface area contributed by atoms with E-state index in [-0.39, 0.29) is 22.8 Å². The monoisotopic (exact) mass is 471 g/mol. The summed E-state index contributed by atoms with van der Waals surface area (Å²) < 4.78 is 6.21. The van der Waals surface area contributed by atoms with Crippen LogP contribution in [0, 0.1) is 15.5 Å². The molecule has 1 aliphatic heterocycles. The van der Waals surface area contributed by atoms with Gasteiger partial charge in [0.2, 0.25) is 5.91 Å². The van der Waals surface area contributed by atoms with Crippen LogP contribution < -0.4 is 10.2 Å². The average molecular weight is 472 g/mol. The van der Waals surface area contributed by atoms with E-state index in [1.165, 1.54) is 19.1 Å². The number of nitro groups is 1. The number of furan rings is 1. The summed E-state index contributed by atoms with van der Waals surface area (Å²) >= 11 is 0. The lowest BCUT2D eigenvalue weighted by Gasteiger charge is -2.35. The minimum Gasteiger partial charge on any atom is -0.458 e. The van der Waals surface area contributed by atoms with E-state index in [1.54, 1.807) is 29.2 Å². The van der Waals surface area contributed by atoms with Crippen LogP contribution in [0.1, 0.15) is 45.4 Å². The average Bonchev–Trinajstić information content (AvgIpc) is 3.22. The van der Waals surface area contributed by atoms with Crippen LogP contribution in [0.15, 0.2) is 76.4 Å². The third-order valence-electron chi connectivity index (χ3n) is 6.48. The van der Waals surface area contributed by atoms with Gasteiger partial charge in [0.15, 0.2) is 5.78 Å². The SMILES string of the molecule is CC(=O)N1c2ccccc2NC2=C(C(=O)CC(C)(C)C2)[C@H]1c1ccc(-c2cccc([N+](=O)[O-])c2)o1. The maximum absolute atomic E-state index is 13.5. The second-order valence-corrected chi connectivity index (χ2v) is 9.78. The molecule has 1 atom stereocenters. The minimum absolute atomic E-state index is 0.0406. The highest BCUT2D eigenvalue weighted by Gasteiger charge is 2.43. The van der Waals surface area contributed by atoms with Crippen LogP contribution in [0.4, 0.5) is 17.1 Å². The number of hydrogen-bond acceptors (Lipinski definition) is 6. The van der Waals surface area contributed by atoms with Crippen LogP contribution in [0.2, 0.25) is 0 Å². The van der Waals surface area contributed by atoms with E-state index < -0.39 is 11.0 Å². The summed E-state index contributed by atoms with van der Waals surface area (Å²) in [4.78, 5) is 39.0. The molecule has 3 aromatic rings. The molecule has 178 valence electrons. The zero-order valence-corrected chi connectivity index (χ0v) is 19.7. The van der Waals surface area contributed by atoms with Crippen molar-refractivity contribution in [3.63, 3.8) is 0 Å². The molecule has 8 heteroatoms. The summed E-state index contributed by atoms with van der Waals surface area (Å²) in [5.74, 6) is 0.564. The number of carbonyl (C=O) groups is 2. The Labute approximate surface area is 202 Å². The van der Waals surface area contributed by atoms with Crippen molar-refractivity contribution in [2.45, 2.75) is 39.7 Å². The topological polar surface area (TPSA) is 106 Å². The van der Waals surface area contributed by atoms with E-state index in [1.807, 2.05) is 24.3 Å². The number of para-hydroxylation sites is 2. The van der Waals surface area contributed by atoms with Crippen LogP contribution in [-0.2, 0) is 9.59 Å². The van der Waals surface area contributed by atoms with E-state index >= 15 is 0 Å². The number of benzene rings is 2. The molecule has 35 heavy (non-hydrogen) atoms. The molecule has 2 heterocycles. The smallest absolute Gasteiger partial charge is 0.270 e. The van der Waals surface area contributed by atoms with Gasteiger partial charge in [0.25, 0.3) is 5.69 Å². The van der Waals surface area contributed by atoms with Gasteiger partial charge in [-0.2, -0.15) is 0 Å². The van der Waals surface area contributed by atoms with Gasteiger partial charge in [-0.25, -0.2) is 0 Å². The van der Waals surface area contributed by atoms with Gasteiger partial charge >= 0.3 is 0 Å². The molecule has 1 aliphatic carbocycles. The molecule has 0 bridgehead atoms. The second kappa shape index (κ2) is 8.23. The summed E-state index contributed by atoms with van der Waals surface area (Å²) in [7, 11) is 0. The standard InChI is InChI=1S/C27H25N3O5/c1-16(31)29-21-10-5-4-9-19(21)28-20-14-27(2,3)15-22(32)25(20)26(29)24-12-11-23(35-24)17-7-6-8-18(13-17)30(33)34/h4-13,26,28H,14-15H2,1-3H3/t26-/m1/s1. The van der Waals surface area contributed by atoms with E-state index in [2.05, 4.69) is 19.2 Å². The first-order chi connectivity index (χ1) is 16.6. The summed E-state index contributed by atoms with van der Waals surface area (Å²) in [6.07, 6.45) is 0.994. The Hall–Kier alpha value is -4.20. The van der Waals surface area contributed by atoms with Gasteiger partial charge < -0.3 is 9.73 Å². The fraction of sp³-hybridized carbons (Fsp3) is 0.259. The fourth-order valence-electron chi connectivity index (χ4n) is 5.03. The maximum atomic E-state index is 13.5. The highest BCUT2D eigenvalue weighted by Crippen LogP contribution is 2.48. The summed E-state index contributed by atoms with van der Waals surface area (Å²) in [6.45, 7) is 5.58. The molecule has 1 N–H and O–H groups in total. The van der Waals surface area contributed by atoms with Gasteiger partial charge in [-0.3, -0.25) is 24.6 Å². The lowest BCUT2D eigenvalue weighted by Crippen LogP contribution is -2.38. The number of allylic oxidation sites excluding steroid dienone is 1. The first kappa shape index (κ1) is 22.6. The largest absolute Gasteiger partial charge is 0.458 e. The van der Waals surface area contributed by atoms with Crippen LogP contribution in [0.5, 0.6) is 0 Å². The van der Waals surface area contributed by atoms with Crippen molar-refractivity contribution in [2.75, 3.05) is 10.2 Å².